The first kappa shape index (κ1) is 11.7. The lowest BCUT2D eigenvalue weighted by Crippen LogP contribution is -2.01. The minimum atomic E-state index is -0.477. The minimum Gasteiger partial charge on any atom is -0.487 e. The van der Waals surface area contributed by atoms with E-state index in [4.69, 9.17) is 4.74 Å². The first-order valence-electron chi connectivity index (χ1n) is 5.53. The lowest BCUT2D eigenvalue weighted by molar-refractivity contribution is 0.198. The maximum Gasteiger partial charge on any atom is 0.130 e. The van der Waals surface area contributed by atoms with Gasteiger partial charge in [-0.15, -0.1) is 0 Å². The maximum absolute atomic E-state index is 9.47. The lowest BCUT2D eigenvalue weighted by Gasteiger charge is -2.09. The number of aromatic nitrogens is 2. The van der Waals surface area contributed by atoms with Crippen LogP contribution in [0.5, 0.6) is 5.75 Å². The average molecular weight is 232 g/mol. The van der Waals surface area contributed by atoms with E-state index in [0.717, 1.165) is 17.0 Å². The van der Waals surface area contributed by atoms with Gasteiger partial charge in [-0.25, -0.2) is 4.98 Å². The molecule has 0 aliphatic heterocycles. The Morgan fingerprint density at radius 3 is 2.94 bits per heavy atom. The second-order valence-electron chi connectivity index (χ2n) is 4.03. The van der Waals surface area contributed by atoms with Crippen LogP contribution in [0.2, 0.25) is 0 Å². The van der Waals surface area contributed by atoms with Crippen LogP contribution in [-0.2, 0) is 13.7 Å². The molecule has 1 N–H and O–H groups in total. The average Bonchev–Trinajstić information content (AvgIpc) is 2.72. The summed E-state index contributed by atoms with van der Waals surface area (Å²) in [5.41, 5.74) is 1.86. The lowest BCUT2D eigenvalue weighted by atomic mass is 10.1. The van der Waals surface area contributed by atoms with E-state index in [1.165, 1.54) is 0 Å². The standard InChI is InChI=1S/C13H16N2O2/c1-10(16)11-4-3-5-13(6-11)17-8-12-7-14-9-15(12)2/h3-7,9-10,16H,8H2,1-2H3/t10-/m0/s1. The molecule has 1 heterocycles. The summed E-state index contributed by atoms with van der Waals surface area (Å²) in [6.45, 7) is 2.21. The molecule has 2 rings (SSSR count). The highest BCUT2D eigenvalue weighted by molar-refractivity contribution is 5.29. The molecule has 0 aliphatic rings. The Balaban J connectivity index is 2.04. The number of aryl methyl sites for hydroxylation is 1. The van der Waals surface area contributed by atoms with Crippen molar-refractivity contribution in [2.75, 3.05) is 0 Å². The molecular formula is C13H16N2O2. The summed E-state index contributed by atoms with van der Waals surface area (Å²) in [6.07, 6.45) is 3.04. The fourth-order valence-electron chi connectivity index (χ4n) is 1.55. The van der Waals surface area contributed by atoms with Crippen molar-refractivity contribution in [3.63, 3.8) is 0 Å². The molecule has 4 nitrogen and oxygen atoms in total. The Morgan fingerprint density at radius 2 is 2.29 bits per heavy atom. The molecule has 2 aromatic rings. The first-order chi connectivity index (χ1) is 8.16. The second-order valence-corrected chi connectivity index (χ2v) is 4.03. The minimum absolute atomic E-state index is 0.472. The number of ether oxygens (including phenoxy) is 1. The van der Waals surface area contributed by atoms with Gasteiger partial charge in [0.25, 0.3) is 0 Å². The van der Waals surface area contributed by atoms with E-state index in [1.54, 1.807) is 19.4 Å². The van der Waals surface area contributed by atoms with E-state index in [2.05, 4.69) is 4.98 Å². The van der Waals surface area contributed by atoms with Gasteiger partial charge in [0.05, 0.1) is 24.3 Å². The van der Waals surface area contributed by atoms with E-state index >= 15 is 0 Å². The molecule has 90 valence electrons. The number of hydrogen-bond acceptors (Lipinski definition) is 3. The molecule has 0 saturated heterocycles. The van der Waals surface area contributed by atoms with Gasteiger partial charge in [0.2, 0.25) is 0 Å². The van der Waals surface area contributed by atoms with Gasteiger partial charge in [0, 0.05) is 7.05 Å². The number of hydrogen-bond donors (Lipinski definition) is 1. The van der Waals surface area contributed by atoms with E-state index < -0.39 is 6.10 Å². The van der Waals surface area contributed by atoms with E-state index in [1.807, 2.05) is 35.9 Å². The van der Waals surface area contributed by atoms with Crippen molar-refractivity contribution in [1.82, 2.24) is 9.55 Å². The summed E-state index contributed by atoms with van der Waals surface area (Å²) in [7, 11) is 1.93. The predicted octanol–water partition coefficient (Wildman–Crippen LogP) is 2.05. The van der Waals surface area contributed by atoms with Crippen LogP contribution in [0.15, 0.2) is 36.8 Å². The van der Waals surface area contributed by atoms with Gasteiger partial charge < -0.3 is 14.4 Å². The third-order valence-corrected chi connectivity index (χ3v) is 2.64. The third-order valence-electron chi connectivity index (χ3n) is 2.64. The van der Waals surface area contributed by atoms with Crippen LogP contribution in [0.4, 0.5) is 0 Å². The monoisotopic (exact) mass is 232 g/mol. The van der Waals surface area contributed by atoms with Gasteiger partial charge in [-0.3, -0.25) is 0 Å². The largest absolute Gasteiger partial charge is 0.487 e. The molecule has 0 bridgehead atoms. The predicted molar refractivity (Wildman–Crippen MR) is 64.6 cm³/mol. The van der Waals surface area contributed by atoms with Crippen LogP contribution in [0, 0.1) is 0 Å². The molecule has 0 amide bonds. The molecule has 17 heavy (non-hydrogen) atoms. The zero-order valence-electron chi connectivity index (χ0n) is 10.00. The van der Waals surface area contributed by atoms with Crippen LogP contribution in [0.1, 0.15) is 24.3 Å². The number of imidazole rings is 1. The highest BCUT2D eigenvalue weighted by Crippen LogP contribution is 2.19. The molecule has 0 spiro atoms. The van der Waals surface area contributed by atoms with Crippen molar-refractivity contribution in [3.05, 3.63) is 48.0 Å². The summed E-state index contributed by atoms with van der Waals surface area (Å²) < 4.78 is 7.57. The Hall–Kier alpha value is -1.81. The van der Waals surface area contributed by atoms with Crippen LogP contribution < -0.4 is 4.74 Å². The van der Waals surface area contributed by atoms with E-state index in [0.29, 0.717) is 6.61 Å². The third kappa shape index (κ3) is 2.85. The molecule has 4 heteroatoms. The normalized spacial score (nSPS) is 12.4. The smallest absolute Gasteiger partial charge is 0.130 e. The molecule has 1 aromatic carbocycles. The highest BCUT2D eigenvalue weighted by atomic mass is 16.5. The van der Waals surface area contributed by atoms with Gasteiger partial charge >= 0.3 is 0 Å². The Morgan fingerprint density at radius 1 is 1.47 bits per heavy atom. The molecule has 0 fully saturated rings. The number of aliphatic hydroxyl groups is 1. The highest BCUT2D eigenvalue weighted by Gasteiger charge is 2.03. The molecule has 0 radical (unpaired) electrons. The number of rotatable bonds is 4. The fraction of sp³-hybridized carbons (Fsp3) is 0.308. The van der Waals surface area contributed by atoms with Crippen molar-refractivity contribution in [3.8, 4) is 5.75 Å². The number of benzene rings is 1. The van der Waals surface area contributed by atoms with E-state index in [9.17, 15) is 5.11 Å². The molecular weight excluding hydrogens is 216 g/mol. The first-order valence-corrected chi connectivity index (χ1v) is 5.53. The fourth-order valence-corrected chi connectivity index (χ4v) is 1.55. The Labute approximate surface area is 100 Å². The Kier molecular flexibility index (Phi) is 3.44. The zero-order valence-corrected chi connectivity index (χ0v) is 10.00. The van der Waals surface area contributed by atoms with Gasteiger partial charge in [0.15, 0.2) is 0 Å². The summed E-state index contributed by atoms with van der Waals surface area (Å²) in [6, 6.07) is 7.48. The SMILES string of the molecule is C[C@H](O)c1cccc(OCc2cncn2C)c1. The van der Waals surface area contributed by atoms with Crippen molar-refractivity contribution in [1.29, 1.82) is 0 Å². The van der Waals surface area contributed by atoms with Crippen LogP contribution in [-0.4, -0.2) is 14.7 Å². The second kappa shape index (κ2) is 5.01. The van der Waals surface area contributed by atoms with Crippen LogP contribution in [0.3, 0.4) is 0 Å². The quantitative estimate of drug-likeness (QED) is 0.877. The molecule has 0 unspecified atom stereocenters. The number of aliphatic hydroxyl groups excluding tert-OH is 1. The summed E-state index contributed by atoms with van der Waals surface area (Å²) in [5.74, 6) is 0.754. The number of nitrogens with zero attached hydrogens (tertiary/aromatic N) is 2. The van der Waals surface area contributed by atoms with E-state index in [-0.39, 0.29) is 0 Å². The maximum atomic E-state index is 9.47. The van der Waals surface area contributed by atoms with Crippen molar-refractivity contribution in [2.24, 2.45) is 7.05 Å². The molecule has 1 atom stereocenters. The van der Waals surface area contributed by atoms with Crippen LogP contribution in [0.25, 0.3) is 0 Å². The van der Waals surface area contributed by atoms with Crippen molar-refractivity contribution in [2.45, 2.75) is 19.6 Å². The van der Waals surface area contributed by atoms with Gasteiger partial charge in [-0.1, -0.05) is 12.1 Å². The van der Waals surface area contributed by atoms with Gasteiger partial charge in [-0.05, 0) is 24.6 Å². The topological polar surface area (TPSA) is 47.3 Å². The Bertz CT molecular complexity index is 492. The summed E-state index contributed by atoms with van der Waals surface area (Å²) in [4.78, 5) is 4.02. The van der Waals surface area contributed by atoms with Crippen molar-refractivity contribution < 1.29 is 9.84 Å². The molecule has 0 aliphatic carbocycles. The zero-order chi connectivity index (χ0) is 12.3. The van der Waals surface area contributed by atoms with Gasteiger partial charge in [-0.2, -0.15) is 0 Å². The van der Waals surface area contributed by atoms with Crippen molar-refractivity contribution >= 4 is 0 Å². The summed E-state index contributed by atoms with van der Waals surface area (Å²) in [5, 5.41) is 9.47. The summed E-state index contributed by atoms with van der Waals surface area (Å²) >= 11 is 0. The molecule has 0 saturated carbocycles. The molecule has 1 aromatic heterocycles. The van der Waals surface area contributed by atoms with Gasteiger partial charge in [0.1, 0.15) is 12.4 Å². The van der Waals surface area contributed by atoms with Crippen LogP contribution >= 0.6 is 0 Å².